The number of guanidine groups is 1. The maximum atomic E-state index is 6.04. The highest BCUT2D eigenvalue weighted by Crippen LogP contribution is 2.29. The molecule has 170 valence electrons. The third kappa shape index (κ3) is 9.04. The largest absolute Gasteiger partial charge is 0.491 e. The Morgan fingerprint density at radius 1 is 1.06 bits per heavy atom. The van der Waals surface area contributed by atoms with E-state index in [2.05, 4.69) is 40.7 Å². The maximum Gasteiger partial charge on any atom is 0.191 e. The predicted octanol–water partition coefficient (Wildman–Crippen LogP) is 4.10. The number of hydrogen-bond acceptors (Lipinski definition) is 4. The molecule has 1 unspecified atom stereocenters. The van der Waals surface area contributed by atoms with Gasteiger partial charge in [-0.05, 0) is 31.4 Å². The van der Waals surface area contributed by atoms with Crippen molar-refractivity contribution in [2.45, 2.75) is 25.9 Å². The topological polar surface area (TPSA) is 64.1 Å². The second-order valence-electron chi connectivity index (χ2n) is 7.11. The molecular weight excluding hydrogens is 505 g/mol. The van der Waals surface area contributed by atoms with Gasteiger partial charge in [-0.2, -0.15) is 0 Å². The van der Waals surface area contributed by atoms with Crippen LogP contribution in [-0.4, -0.2) is 58.1 Å². The average Bonchev–Trinajstić information content (AvgIpc) is 3.31. The van der Waals surface area contributed by atoms with Gasteiger partial charge in [0, 0.05) is 31.9 Å². The Hall–Kier alpha value is -1.84. The molecule has 1 aliphatic heterocycles. The van der Waals surface area contributed by atoms with E-state index in [1.54, 1.807) is 0 Å². The summed E-state index contributed by atoms with van der Waals surface area (Å²) in [6.45, 7) is 7.09. The summed E-state index contributed by atoms with van der Waals surface area (Å²) in [5.74, 6) is 1.70. The number of ether oxygens (including phenoxy) is 3. The molecule has 6 nitrogen and oxygen atoms in total. The molecule has 7 heteroatoms. The Kier molecular flexibility index (Phi) is 12.3. The molecule has 2 N–H and O–H groups in total. The van der Waals surface area contributed by atoms with Crippen LogP contribution in [0.3, 0.4) is 0 Å². The van der Waals surface area contributed by atoms with Crippen LogP contribution in [0.1, 0.15) is 19.8 Å². The molecule has 0 aromatic heterocycles. The lowest BCUT2D eigenvalue weighted by Crippen LogP contribution is -2.39. The van der Waals surface area contributed by atoms with Crippen molar-refractivity contribution in [3.8, 4) is 16.9 Å². The van der Waals surface area contributed by atoms with Crippen molar-refractivity contribution in [3.63, 3.8) is 0 Å². The van der Waals surface area contributed by atoms with Gasteiger partial charge in [-0.15, -0.1) is 24.0 Å². The van der Waals surface area contributed by atoms with Crippen LogP contribution in [0.2, 0.25) is 0 Å². The van der Waals surface area contributed by atoms with E-state index >= 15 is 0 Å². The average molecular weight is 539 g/mol. The lowest BCUT2D eigenvalue weighted by Gasteiger charge is -2.14. The molecule has 0 amide bonds. The van der Waals surface area contributed by atoms with Crippen LogP contribution in [0.4, 0.5) is 0 Å². The van der Waals surface area contributed by atoms with Crippen LogP contribution in [-0.2, 0) is 9.47 Å². The third-order valence-electron chi connectivity index (χ3n) is 4.78. The molecule has 0 bridgehead atoms. The molecule has 0 radical (unpaired) electrons. The highest BCUT2D eigenvalue weighted by molar-refractivity contribution is 14.0. The minimum atomic E-state index is 0. The van der Waals surface area contributed by atoms with E-state index < -0.39 is 0 Å². The van der Waals surface area contributed by atoms with Crippen molar-refractivity contribution in [1.29, 1.82) is 0 Å². The van der Waals surface area contributed by atoms with Crippen molar-refractivity contribution in [1.82, 2.24) is 10.6 Å². The van der Waals surface area contributed by atoms with Gasteiger partial charge in [0.05, 0.1) is 19.3 Å². The fourth-order valence-electron chi connectivity index (χ4n) is 3.27. The van der Waals surface area contributed by atoms with Crippen LogP contribution in [0, 0.1) is 0 Å². The molecule has 2 aromatic rings. The van der Waals surface area contributed by atoms with Crippen LogP contribution in [0.5, 0.6) is 5.75 Å². The summed E-state index contributed by atoms with van der Waals surface area (Å²) in [5.41, 5.74) is 2.26. The quantitative estimate of drug-likeness (QED) is 0.195. The molecule has 0 spiro atoms. The highest BCUT2D eigenvalue weighted by atomic mass is 127. The van der Waals surface area contributed by atoms with Gasteiger partial charge < -0.3 is 24.8 Å². The molecule has 31 heavy (non-hydrogen) atoms. The Morgan fingerprint density at radius 2 is 1.87 bits per heavy atom. The zero-order chi connectivity index (χ0) is 20.9. The SMILES string of the molecule is CCNC(=NCCCOC1CCOC1)NCCOc1ccccc1-c1ccccc1.I. The van der Waals surface area contributed by atoms with E-state index in [-0.39, 0.29) is 30.1 Å². The molecule has 1 aliphatic rings. The van der Waals surface area contributed by atoms with Gasteiger partial charge in [0.15, 0.2) is 5.96 Å². The molecule has 3 rings (SSSR count). The second-order valence-corrected chi connectivity index (χ2v) is 7.11. The van der Waals surface area contributed by atoms with E-state index in [9.17, 15) is 0 Å². The Bertz CT molecular complexity index is 768. The van der Waals surface area contributed by atoms with Gasteiger partial charge in [-0.25, -0.2) is 0 Å². The number of para-hydroxylation sites is 1. The number of aliphatic imine (C=N–C) groups is 1. The smallest absolute Gasteiger partial charge is 0.191 e. The van der Waals surface area contributed by atoms with Crippen molar-refractivity contribution in [3.05, 3.63) is 54.6 Å². The molecule has 0 saturated carbocycles. The Labute approximate surface area is 202 Å². The van der Waals surface area contributed by atoms with Gasteiger partial charge in [0.1, 0.15) is 12.4 Å². The zero-order valence-corrected chi connectivity index (χ0v) is 20.5. The van der Waals surface area contributed by atoms with E-state index in [0.29, 0.717) is 13.2 Å². The Morgan fingerprint density at radius 3 is 2.65 bits per heavy atom. The minimum absolute atomic E-state index is 0. The minimum Gasteiger partial charge on any atom is -0.491 e. The summed E-state index contributed by atoms with van der Waals surface area (Å²) in [6.07, 6.45) is 2.16. The van der Waals surface area contributed by atoms with Crippen LogP contribution in [0.15, 0.2) is 59.6 Å². The molecule has 1 atom stereocenters. The molecule has 2 aromatic carbocycles. The maximum absolute atomic E-state index is 6.04. The van der Waals surface area contributed by atoms with Crippen molar-refractivity contribution < 1.29 is 14.2 Å². The van der Waals surface area contributed by atoms with Gasteiger partial charge in [-0.1, -0.05) is 48.5 Å². The predicted molar refractivity (Wildman–Crippen MR) is 137 cm³/mol. The van der Waals surface area contributed by atoms with E-state index in [1.807, 2.05) is 36.4 Å². The van der Waals surface area contributed by atoms with Gasteiger partial charge in [0.2, 0.25) is 0 Å². The number of halogens is 1. The summed E-state index contributed by atoms with van der Waals surface area (Å²) in [5, 5.41) is 6.61. The summed E-state index contributed by atoms with van der Waals surface area (Å²) in [4.78, 5) is 4.61. The van der Waals surface area contributed by atoms with E-state index in [0.717, 1.165) is 68.6 Å². The number of benzene rings is 2. The standard InChI is InChI=1S/C24H33N3O3.HI/c1-2-25-24(26-14-8-16-29-21-13-17-28-19-21)27-15-18-30-23-12-7-6-11-22(23)20-9-4-3-5-10-20;/h3-7,9-12,21H,2,8,13-19H2,1H3,(H2,25,26,27);1H. The Balaban J connectivity index is 0.00000341. The summed E-state index contributed by atoms with van der Waals surface area (Å²) in [6, 6.07) is 18.4. The third-order valence-corrected chi connectivity index (χ3v) is 4.78. The van der Waals surface area contributed by atoms with Crippen LogP contribution < -0.4 is 15.4 Å². The first kappa shape index (κ1) is 25.4. The fourth-order valence-corrected chi connectivity index (χ4v) is 3.27. The van der Waals surface area contributed by atoms with Crippen molar-refractivity contribution in [2.24, 2.45) is 4.99 Å². The summed E-state index contributed by atoms with van der Waals surface area (Å²) >= 11 is 0. The lowest BCUT2D eigenvalue weighted by atomic mass is 10.1. The molecule has 1 fully saturated rings. The monoisotopic (exact) mass is 539 g/mol. The van der Waals surface area contributed by atoms with Gasteiger partial charge in [0.25, 0.3) is 0 Å². The van der Waals surface area contributed by atoms with Crippen molar-refractivity contribution >= 4 is 29.9 Å². The van der Waals surface area contributed by atoms with E-state index in [4.69, 9.17) is 14.2 Å². The number of hydrogen-bond donors (Lipinski definition) is 2. The van der Waals surface area contributed by atoms with Gasteiger partial charge in [-0.3, -0.25) is 4.99 Å². The summed E-state index contributed by atoms with van der Waals surface area (Å²) in [7, 11) is 0. The molecule has 0 aliphatic carbocycles. The van der Waals surface area contributed by atoms with Gasteiger partial charge >= 0.3 is 0 Å². The molecule has 1 heterocycles. The molecular formula is C24H34IN3O3. The zero-order valence-electron chi connectivity index (χ0n) is 18.2. The van der Waals surface area contributed by atoms with Crippen LogP contribution >= 0.6 is 24.0 Å². The first-order valence-corrected chi connectivity index (χ1v) is 10.9. The fraction of sp³-hybridized carbons (Fsp3) is 0.458. The first-order valence-electron chi connectivity index (χ1n) is 10.9. The normalized spacial score (nSPS) is 15.9. The number of nitrogens with zero attached hydrogens (tertiary/aromatic N) is 1. The highest BCUT2D eigenvalue weighted by Gasteiger charge is 2.15. The van der Waals surface area contributed by atoms with E-state index in [1.165, 1.54) is 0 Å². The first-order chi connectivity index (χ1) is 14.9. The van der Waals surface area contributed by atoms with Crippen molar-refractivity contribution in [2.75, 3.05) is 46.1 Å². The van der Waals surface area contributed by atoms with Crippen LogP contribution in [0.25, 0.3) is 11.1 Å². The summed E-state index contributed by atoms with van der Waals surface area (Å²) < 4.78 is 17.1. The molecule has 1 saturated heterocycles. The number of nitrogens with one attached hydrogen (secondary N) is 2. The lowest BCUT2D eigenvalue weighted by molar-refractivity contribution is 0.0424. The number of rotatable bonds is 11. The second kappa shape index (κ2) is 15.0.